The summed E-state index contributed by atoms with van der Waals surface area (Å²) in [7, 11) is -3.76. The van der Waals surface area contributed by atoms with Crippen LogP contribution in [0.2, 0.25) is 5.02 Å². The number of rotatable bonds is 5. The van der Waals surface area contributed by atoms with E-state index < -0.39 is 16.1 Å². The second-order valence-electron chi connectivity index (χ2n) is 4.56. The van der Waals surface area contributed by atoms with Crippen molar-refractivity contribution in [2.45, 2.75) is 23.8 Å². The second kappa shape index (κ2) is 5.57. The molecule has 1 aromatic carbocycles. The smallest absolute Gasteiger partial charge is 0.241 e. The van der Waals surface area contributed by atoms with Crippen molar-refractivity contribution < 1.29 is 13.5 Å². The maximum Gasteiger partial charge on any atom is 0.241 e. The minimum atomic E-state index is -3.76. The average molecular weight is 370 g/mol. The lowest BCUT2D eigenvalue weighted by Crippen LogP contribution is -2.33. The molecule has 0 amide bonds. The quantitative estimate of drug-likeness (QED) is 0.689. The molecule has 0 bridgehead atoms. The van der Waals surface area contributed by atoms with E-state index in [9.17, 15) is 13.5 Å². The molecule has 0 aromatic heterocycles. The van der Waals surface area contributed by atoms with Crippen LogP contribution in [0.4, 0.5) is 5.69 Å². The highest BCUT2D eigenvalue weighted by Crippen LogP contribution is 2.33. The summed E-state index contributed by atoms with van der Waals surface area (Å²) in [6, 6.07) is 2.78. The van der Waals surface area contributed by atoms with E-state index in [1.54, 1.807) is 0 Å². The number of nitrogens with one attached hydrogen (secondary N) is 1. The molecule has 8 heteroatoms. The highest BCUT2D eigenvalue weighted by atomic mass is 79.9. The number of halogens is 2. The molecule has 0 saturated heterocycles. The number of aliphatic hydroxyl groups excluding tert-OH is 1. The maximum absolute atomic E-state index is 12.1. The normalized spacial score (nSPS) is 17.4. The largest absolute Gasteiger partial charge is 0.398 e. The van der Waals surface area contributed by atoms with Crippen molar-refractivity contribution in [1.82, 2.24) is 4.72 Å². The minimum Gasteiger partial charge on any atom is -0.398 e. The fourth-order valence-electron chi connectivity index (χ4n) is 1.70. The van der Waals surface area contributed by atoms with Gasteiger partial charge in [0.05, 0.1) is 15.5 Å². The van der Waals surface area contributed by atoms with E-state index in [-0.39, 0.29) is 32.5 Å². The van der Waals surface area contributed by atoms with Gasteiger partial charge in [0.2, 0.25) is 10.0 Å². The van der Waals surface area contributed by atoms with Crippen LogP contribution in [-0.2, 0) is 10.0 Å². The zero-order chi connectivity index (χ0) is 14.2. The highest BCUT2D eigenvalue weighted by Gasteiger charge is 2.31. The summed E-state index contributed by atoms with van der Waals surface area (Å²) in [5.41, 5.74) is 5.91. The highest BCUT2D eigenvalue weighted by molar-refractivity contribution is 9.10. The fourth-order valence-corrected chi connectivity index (χ4v) is 4.04. The molecule has 1 aliphatic rings. The Kier molecular flexibility index (Phi) is 4.42. The number of aliphatic hydroxyl groups is 1. The molecule has 5 nitrogen and oxygen atoms in total. The third-order valence-electron chi connectivity index (χ3n) is 2.97. The molecule has 2 rings (SSSR count). The molecule has 1 atom stereocenters. The number of hydrogen-bond donors (Lipinski definition) is 3. The first-order valence-corrected chi connectivity index (χ1v) is 8.39. The van der Waals surface area contributed by atoms with E-state index in [2.05, 4.69) is 20.7 Å². The number of nitrogen functional groups attached to an aromatic ring is 1. The van der Waals surface area contributed by atoms with Crippen LogP contribution in [-0.4, -0.2) is 26.2 Å². The molecule has 0 heterocycles. The molecule has 4 N–H and O–H groups in total. The number of anilines is 1. The second-order valence-corrected chi connectivity index (χ2v) is 7.53. The molecule has 1 saturated carbocycles. The van der Waals surface area contributed by atoms with Gasteiger partial charge in [0.15, 0.2) is 0 Å². The third-order valence-corrected chi connectivity index (χ3v) is 5.78. The van der Waals surface area contributed by atoms with E-state index in [1.807, 2.05) is 0 Å². The van der Waals surface area contributed by atoms with Crippen LogP contribution >= 0.6 is 27.5 Å². The maximum atomic E-state index is 12.1. The summed E-state index contributed by atoms with van der Waals surface area (Å²) in [5.74, 6) is 0.204. The standard InChI is InChI=1S/C11H14BrClN2O3S/c12-11-8(14)3-7(13)4-10(11)19(17,18)15-5-9(16)6-1-2-6/h3-4,6,9,15-16H,1-2,5,14H2. The Morgan fingerprint density at radius 1 is 1.53 bits per heavy atom. The Labute approximate surface area is 125 Å². The van der Waals surface area contributed by atoms with Crippen molar-refractivity contribution in [2.24, 2.45) is 5.92 Å². The first kappa shape index (κ1) is 15.1. The lowest BCUT2D eigenvalue weighted by molar-refractivity contribution is 0.155. The summed E-state index contributed by atoms with van der Waals surface area (Å²) >= 11 is 8.94. The predicted molar refractivity (Wildman–Crippen MR) is 77.5 cm³/mol. The van der Waals surface area contributed by atoms with E-state index >= 15 is 0 Å². The van der Waals surface area contributed by atoms with Crippen LogP contribution in [0.15, 0.2) is 21.5 Å². The molecular weight excluding hydrogens is 356 g/mol. The van der Waals surface area contributed by atoms with Gasteiger partial charge in [-0.1, -0.05) is 11.6 Å². The van der Waals surface area contributed by atoms with Gasteiger partial charge in [0, 0.05) is 17.3 Å². The first-order chi connectivity index (χ1) is 8.81. The number of benzene rings is 1. The van der Waals surface area contributed by atoms with Crippen LogP contribution in [0.25, 0.3) is 0 Å². The molecule has 0 spiro atoms. The van der Waals surface area contributed by atoms with Crippen LogP contribution in [0.5, 0.6) is 0 Å². The zero-order valence-corrected chi connectivity index (χ0v) is 13.1. The molecule has 1 aromatic rings. The van der Waals surface area contributed by atoms with Gasteiger partial charge < -0.3 is 10.8 Å². The number of hydrogen-bond acceptors (Lipinski definition) is 4. The van der Waals surface area contributed by atoms with Crippen molar-refractivity contribution in [3.63, 3.8) is 0 Å². The summed E-state index contributed by atoms with van der Waals surface area (Å²) in [6.07, 6.45) is 1.23. The predicted octanol–water partition coefficient (Wildman–Crippen LogP) is 1.73. The molecule has 1 aliphatic carbocycles. The lowest BCUT2D eigenvalue weighted by atomic mass is 10.2. The SMILES string of the molecule is Nc1cc(Cl)cc(S(=O)(=O)NCC(O)C2CC2)c1Br. The van der Waals surface area contributed by atoms with Crippen LogP contribution in [0.1, 0.15) is 12.8 Å². The Balaban J connectivity index is 2.19. The molecule has 19 heavy (non-hydrogen) atoms. The van der Waals surface area contributed by atoms with E-state index in [0.29, 0.717) is 0 Å². The third kappa shape index (κ3) is 3.61. The zero-order valence-electron chi connectivity index (χ0n) is 9.94. The van der Waals surface area contributed by atoms with Gasteiger partial charge in [-0.15, -0.1) is 0 Å². The molecule has 1 unspecified atom stereocenters. The molecule has 1 fully saturated rings. The molecular formula is C11H14BrClN2O3S. The topological polar surface area (TPSA) is 92.4 Å². The van der Waals surface area contributed by atoms with Gasteiger partial charge in [-0.05, 0) is 46.8 Å². The Bertz CT molecular complexity index is 590. The van der Waals surface area contributed by atoms with Crippen LogP contribution < -0.4 is 10.5 Å². The monoisotopic (exact) mass is 368 g/mol. The van der Waals surface area contributed by atoms with Crippen molar-refractivity contribution >= 4 is 43.2 Å². The van der Waals surface area contributed by atoms with Gasteiger partial charge in [-0.3, -0.25) is 0 Å². The minimum absolute atomic E-state index is 0.00808. The van der Waals surface area contributed by atoms with Gasteiger partial charge in [-0.2, -0.15) is 0 Å². The summed E-state index contributed by atoms with van der Waals surface area (Å²) < 4.78 is 26.9. The van der Waals surface area contributed by atoms with Gasteiger partial charge >= 0.3 is 0 Å². The van der Waals surface area contributed by atoms with Gasteiger partial charge in [0.1, 0.15) is 0 Å². The van der Waals surface area contributed by atoms with E-state index in [4.69, 9.17) is 17.3 Å². The van der Waals surface area contributed by atoms with E-state index in [1.165, 1.54) is 12.1 Å². The summed E-state index contributed by atoms with van der Waals surface area (Å²) in [5, 5.41) is 9.93. The molecule has 0 aliphatic heterocycles. The van der Waals surface area contributed by atoms with Crippen molar-refractivity contribution in [1.29, 1.82) is 0 Å². The van der Waals surface area contributed by atoms with Crippen LogP contribution in [0.3, 0.4) is 0 Å². The Morgan fingerprint density at radius 2 is 2.16 bits per heavy atom. The van der Waals surface area contributed by atoms with Gasteiger partial charge in [0.25, 0.3) is 0 Å². The summed E-state index contributed by atoms with van der Waals surface area (Å²) in [6.45, 7) is -0.00808. The number of nitrogens with two attached hydrogens (primary N) is 1. The van der Waals surface area contributed by atoms with Gasteiger partial charge in [-0.25, -0.2) is 13.1 Å². The lowest BCUT2D eigenvalue weighted by Gasteiger charge is -2.13. The first-order valence-electron chi connectivity index (χ1n) is 5.73. The van der Waals surface area contributed by atoms with Crippen molar-refractivity contribution in [2.75, 3.05) is 12.3 Å². The number of sulfonamides is 1. The van der Waals surface area contributed by atoms with Crippen LogP contribution in [0, 0.1) is 5.92 Å². The Morgan fingerprint density at radius 3 is 2.74 bits per heavy atom. The Hall–Kier alpha value is -0.340. The average Bonchev–Trinajstić information content (AvgIpc) is 3.14. The van der Waals surface area contributed by atoms with Crippen molar-refractivity contribution in [3.8, 4) is 0 Å². The van der Waals surface area contributed by atoms with E-state index in [0.717, 1.165) is 12.8 Å². The molecule has 106 valence electrons. The summed E-state index contributed by atoms with van der Waals surface area (Å²) in [4.78, 5) is -0.0273. The fraction of sp³-hybridized carbons (Fsp3) is 0.455. The van der Waals surface area contributed by atoms with Crippen molar-refractivity contribution in [3.05, 3.63) is 21.6 Å². The molecule has 0 radical (unpaired) electrons.